The first-order chi connectivity index (χ1) is 21.6. The van der Waals surface area contributed by atoms with Crippen LogP contribution in [0.2, 0.25) is 0 Å². The number of carbonyl (C=O) groups is 2. The summed E-state index contributed by atoms with van der Waals surface area (Å²) in [5.74, 6) is 0.290. The molecule has 1 aliphatic carbocycles. The third-order valence-electron chi connectivity index (χ3n) is 7.83. The Morgan fingerprint density at radius 3 is 1.20 bits per heavy atom. The molecule has 0 unspecified atom stereocenters. The summed E-state index contributed by atoms with van der Waals surface area (Å²) in [6, 6.07) is 23.2. The van der Waals surface area contributed by atoms with Gasteiger partial charge in [-0.3, -0.25) is 0 Å². The maximum absolute atomic E-state index is 12.5. The Morgan fingerprint density at radius 2 is 0.867 bits per heavy atom. The SMILES string of the molecule is C=C(C)C(=O)Oc1ccc(C2(c3ccc(OC(=O)C(=C)C)c(OC)c3OC)c3ccccc3-c3ccccc32)c(OC)c1OC. The van der Waals surface area contributed by atoms with Crippen molar-refractivity contribution in [1.29, 1.82) is 0 Å². The van der Waals surface area contributed by atoms with E-state index in [0.29, 0.717) is 22.6 Å². The van der Waals surface area contributed by atoms with E-state index in [1.54, 1.807) is 26.0 Å². The molecule has 1 aliphatic rings. The lowest BCUT2D eigenvalue weighted by atomic mass is 9.66. The van der Waals surface area contributed by atoms with Crippen molar-refractivity contribution >= 4 is 11.9 Å². The fourth-order valence-corrected chi connectivity index (χ4v) is 5.97. The topological polar surface area (TPSA) is 89.5 Å². The minimum absolute atomic E-state index is 0.174. The average molecular weight is 607 g/mol. The Morgan fingerprint density at radius 1 is 0.511 bits per heavy atom. The van der Waals surface area contributed by atoms with Crippen LogP contribution in [0.5, 0.6) is 34.5 Å². The normalized spacial score (nSPS) is 12.3. The maximum Gasteiger partial charge on any atom is 0.338 e. The first kappa shape index (κ1) is 30.9. The molecule has 0 saturated heterocycles. The van der Waals surface area contributed by atoms with E-state index in [1.807, 2.05) is 36.4 Å². The largest absolute Gasteiger partial charge is 0.492 e. The maximum atomic E-state index is 12.5. The highest BCUT2D eigenvalue weighted by atomic mass is 16.6. The predicted molar refractivity (Wildman–Crippen MR) is 171 cm³/mol. The van der Waals surface area contributed by atoms with E-state index in [4.69, 9.17) is 28.4 Å². The highest BCUT2D eigenvalue weighted by molar-refractivity contribution is 5.92. The number of rotatable bonds is 10. The van der Waals surface area contributed by atoms with Crippen LogP contribution in [0, 0.1) is 0 Å². The van der Waals surface area contributed by atoms with Crippen molar-refractivity contribution in [2.45, 2.75) is 19.3 Å². The molecular weight excluding hydrogens is 572 g/mol. The molecule has 8 heteroatoms. The van der Waals surface area contributed by atoms with E-state index in [1.165, 1.54) is 28.4 Å². The summed E-state index contributed by atoms with van der Waals surface area (Å²) < 4.78 is 35.1. The molecule has 0 saturated carbocycles. The van der Waals surface area contributed by atoms with E-state index in [9.17, 15) is 9.59 Å². The van der Waals surface area contributed by atoms with Crippen molar-refractivity contribution in [3.05, 3.63) is 119 Å². The summed E-state index contributed by atoms with van der Waals surface area (Å²) in [6.45, 7) is 10.5. The van der Waals surface area contributed by atoms with E-state index >= 15 is 0 Å². The van der Waals surface area contributed by atoms with Crippen LogP contribution >= 0.6 is 0 Å². The highest BCUT2D eigenvalue weighted by Gasteiger charge is 2.50. The van der Waals surface area contributed by atoms with Gasteiger partial charge >= 0.3 is 11.9 Å². The number of hydrogen-bond donors (Lipinski definition) is 0. The molecule has 0 bridgehead atoms. The Hall–Kier alpha value is -5.50. The minimum atomic E-state index is -1.07. The molecule has 0 amide bonds. The van der Waals surface area contributed by atoms with Crippen LogP contribution in [0.25, 0.3) is 11.1 Å². The van der Waals surface area contributed by atoms with Crippen LogP contribution in [0.15, 0.2) is 97.1 Å². The zero-order chi connectivity index (χ0) is 32.5. The zero-order valence-corrected chi connectivity index (χ0v) is 26.1. The highest BCUT2D eigenvalue weighted by Crippen LogP contribution is 2.62. The van der Waals surface area contributed by atoms with Gasteiger partial charge in [0.05, 0.1) is 33.9 Å². The van der Waals surface area contributed by atoms with Crippen LogP contribution in [-0.2, 0) is 15.0 Å². The molecule has 0 spiro atoms. The first-order valence-electron chi connectivity index (χ1n) is 14.1. The van der Waals surface area contributed by atoms with E-state index in [-0.39, 0.29) is 34.1 Å². The van der Waals surface area contributed by atoms with Crippen molar-refractivity contribution in [2.75, 3.05) is 28.4 Å². The second-order valence-electron chi connectivity index (χ2n) is 10.5. The van der Waals surface area contributed by atoms with Gasteiger partial charge in [0, 0.05) is 22.3 Å². The lowest BCUT2D eigenvalue weighted by Gasteiger charge is -2.36. The van der Waals surface area contributed by atoms with Crippen molar-refractivity contribution in [3.63, 3.8) is 0 Å². The molecule has 8 nitrogen and oxygen atoms in total. The Labute approximate surface area is 262 Å². The van der Waals surface area contributed by atoms with Gasteiger partial charge in [-0.05, 0) is 60.4 Å². The molecule has 0 fully saturated rings. The summed E-state index contributed by atoms with van der Waals surface area (Å²) in [6.07, 6.45) is 0. The van der Waals surface area contributed by atoms with Gasteiger partial charge in [-0.15, -0.1) is 0 Å². The lowest BCUT2D eigenvalue weighted by molar-refractivity contribution is -0.131. The first-order valence-corrected chi connectivity index (χ1v) is 14.1. The van der Waals surface area contributed by atoms with Gasteiger partial charge in [-0.1, -0.05) is 61.7 Å². The molecule has 5 rings (SSSR count). The molecule has 0 radical (unpaired) electrons. The van der Waals surface area contributed by atoms with Crippen molar-refractivity contribution in [1.82, 2.24) is 0 Å². The number of methoxy groups -OCH3 is 4. The standard InChI is InChI=1S/C37H34O8/c1-21(2)35(38)44-29-19-17-27(31(40-5)33(29)42-7)37(25-15-11-9-13-23(25)24-14-10-12-16-26(24)37)28-18-20-30(45-36(39)22(3)4)34(43-8)32(28)41-6/h9-20H,1,3H2,2,4-8H3. The molecule has 0 heterocycles. The molecule has 45 heavy (non-hydrogen) atoms. The molecule has 0 aromatic heterocycles. The van der Waals surface area contributed by atoms with E-state index < -0.39 is 17.4 Å². The van der Waals surface area contributed by atoms with Crippen molar-refractivity contribution in [2.24, 2.45) is 0 Å². The lowest BCUT2D eigenvalue weighted by Crippen LogP contribution is -2.30. The van der Waals surface area contributed by atoms with Crippen molar-refractivity contribution < 1.29 is 38.0 Å². The quantitative estimate of drug-likeness (QED) is 0.0950. The molecule has 4 aromatic rings. The molecule has 4 aromatic carbocycles. The van der Waals surface area contributed by atoms with Gasteiger partial charge in [-0.25, -0.2) is 9.59 Å². The van der Waals surface area contributed by atoms with Crippen LogP contribution in [-0.4, -0.2) is 40.4 Å². The molecule has 0 aliphatic heterocycles. The second-order valence-corrected chi connectivity index (χ2v) is 10.5. The number of carbonyl (C=O) groups excluding carboxylic acids is 2. The van der Waals surface area contributed by atoms with Gasteiger partial charge in [0.1, 0.15) is 0 Å². The summed E-state index contributed by atoms with van der Waals surface area (Å²) in [5, 5.41) is 0. The number of esters is 2. The van der Waals surface area contributed by atoms with Crippen LogP contribution in [0.1, 0.15) is 36.1 Å². The van der Waals surface area contributed by atoms with E-state index in [2.05, 4.69) is 37.4 Å². The van der Waals surface area contributed by atoms with Crippen LogP contribution in [0.4, 0.5) is 0 Å². The summed E-state index contributed by atoms with van der Waals surface area (Å²) in [5.41, 5.74) is 4.65. The predicted octanol–water partition coefficient (Wildman–Crippen LogP) is 7.05. The fraction of sp³-hybridized carbons (Fsp3) is 0.189. The minimum Gasteiger partial charge on any atom is -0.492 e. The average Bonchev–Trinajstić information content (AvgIpc) is 3.34. The molecular formula is C37H34O8. The van der Waals surface area contributed by atoms with E-state index in [0.717, 1.165) is 22.3 Å². The Bertz CT molecular complexity index is 1720. The Balaban J connectivity index is 1.93. The van der Waals surface area contributed by atoms with Gasteiger partial charge < -0.3 is 28.4 Å². The monoisotopic (exact) mass is 606 g/mol. The third-order valence-corrected chi connectivity index (χ3v) is 7.83. The summed E-state index contributed by atoms with van der Waals surface area (Å²) in [7, 11) is 6.03. The number of fused-ring (bicyclic) bond motifs is 3. The molecule has 230 valence electrons. The third kappa shape index (κ3) is 4.88. The number of ether oxygens (including phenoxy) is 6. The number of hydrogen-bond acceptors (Lipinski definition) is 8. The summed E-state index contributed by atoms with van der Waals surface area (Å²) in [4.78, 5) is 25.1. The van der Waals surface area contributed by atoms with Gasteiger partial charge in [0.2, 0.25) is 11.5 Å². The van der Waals surface area contributed by atoms with Crippen molar-refractivity contribution in [3.8, 4) is 45.6 Å². The summed E-state index contributed by atoms with van der Waals surface area (Å²) >= 11 is 0. The van der Waals surface area contributed by atoms with Crippen LogP contribution < -0.4 is 28.4 Å². The van der Waals surface area contributed by atoms with Gasteiger partial charge in [-0.2, -0.15) is 0 Å². The number of benzene rings is 4. The Kier molecular flexibility index (Phi) is 8.42. The smallest absolute Gasteiger partial charge is 0.338 e. The van der Waals surface area contributed by atoms with Crippen LogP contribution in [0.3, 0.4) is 0 Å². The zero-order valence-electron chi connectivity index (χ0n) is 26.1. The second kappa shape index (κ2) is 12.2. The van der Waals surface area contributed by atoms with Gasteiger partial charge in [0.15, 0.2) is 23.0 Å². The fourth-order valence-electron chi connectivity index (χ4n) is 5.97. The molecule has 0 N–H and O–H groups in total. The van der Waals surface area contributed by atoms with Gasteiger partial charge in [0.25, 0.3) is 0 Å². The molecule has 0 atom stereocenters.